The van der Waals surface area contributed by atoms with Gasteiger partial charge in [0.1, 0.15) is 0 Å². The quantitative estimate of drug-likeness (QED) is 0.467. The molecular weight excluding hydrogens is 528 g/mol. The van der Waals surface area contributed by atoms with Gasteiger partial charge in [-0.2, -0.15) is 4.31 Å². The largest absolute Gasteiger partial charge is 0.338 e. The Kier molecular flexibility index (Phi) is 7.72. The van der Waals surface area contributed by atoms with Crippen LogP contribution >= 0.6 is 0 Å². The monoisotopic (exact) mass is 558 g/mol. The number of sulfonamides is 2. The second-order valence-electron chi connectivity index (χ2n) is 9.07. The number of benzene rings is 2. The summed E-state index contributed by atoms with van der Waals surface area (Å²) in [6, 6.07) is 14.1. The van der Waals surface area contributed by atoms with E-state index in [1.54, 1.807) is 12.1 Å². The standard InChI is InChI=1S/C25H30N6O5S2/c1-18-17-19(2)27-25(26-18)30-13-15-31(16-14-30)38(35,36)21-11-9-20(10-12-21)28-24(32)22-7-5-6-8-23(22)29(3)37(4,33)34/h5-12,17H,13-16H2,1-4H3,(H,28,32). The summed E-state index contributed by atoms with van der Waals surface area (Å²) >= 11 is 0. The van der Waals surface area contributed by atoms with Gasteiger partial charge in [0.15, 0.2) is 0 Å². The maximum absolute atomic E-state index is 13.2. The summed E-state index contributed by atoms with van der Waals surface area (Å²) in [5.41, 5.74) is 2.50. The van der Waals surface area contributed by atoms with Crippen LogP contribution in [0.2, 0.25) is 0 Å². The van der Waals surface area contributed by atoms with E-state index in [1.807, 2.05) is 24.8 Å². The summed E-state index contributed by atoms with van der Waals surface area (Å²) in [6.45, 7) is 5.33. The number of hydrogen-bond donors (Lipinski definition) is 1. The Labute approximate surface area is 223 Å². The number of piperazine rings is 1. The van der Waals surface area contributed by atoms with E-state index in [2.05, 4.69) is 15.3 Å². The van der Waals surface area contributed by atoms with Crippen molar-refractivity contribution in [2.75, 3.05) is 54.0 Å². The molecule has 1 amide bonds. The SMILES string of the molecule is Cc1cc(C)nc(N2CCN(S(=O)(=O)c3ccc(NC(=O)c4ccccc4N(C)S(C)(=O)=O)cc3)CC2)n1. The van der Waals surface area contributed by atoms with Crippen LogP contribution in [0.1, 0.15) is 21.7 Å². The fourth-order valence-electron chi connectivity index (χ4n) is 4.15. The van der Waals surface area contributed by atoms with Crippen LogP contribution in [-0.4, -0.2) is 76.5 Å². The molecule has 3 aromatic rings. The second kappa shape index (κ2) is 10.7. The zero-order valence-electron chi connectivity index (χ0n) is 21.6. The van der Waals surface area contributed by atoms with E-state index in [9.17, 15) is 21.6 Å². The van der Waals surface area contributed by atoms with Crippen molar-refractivity contribution in [3.63, 3.8) is 0 Å². The number of nitrogens with zero attached hydrogens (tertiary/aromatic N) is 5. The molecule has 1 aromatic heterocycles. The van der Waals surface area contributed by atoms with Gasteiger partial charge in [-0.1, -0.05) is 12.1 Å². The van der Waals surface area contributed by atoms with Crippen molar-refractivity contribution in [3.05, 3.63) is 71.5 Å². The number of carbonyl (C=O) groups is 1. The number of hydrogen-bond acceptors (Lipinski definition) is 8. The van der Waals surface area contributed by atoms with E-state index >= 15 is 0 Å². The van der Waals surface area contributed by atoms with Gasteiger partial charge in [0.25, 0.3) is 5.91 Å². The van der Waals surface area contributed by atoms with Gasteiger partial charge in [-0.15, -0.1) is 0 Å². The molecule has 0 saturated carbocycles. The van der Waals surface area contributed by atoms with Gasteiger partial charge in [-0.25, -0.2) is 26.8 Å². The fraction of sp³-hybridized carbons (Fsp3) is 0.320. The average Bonchev–Trinajstić information content (AvgIpc) is 2.87. The molecule has 4 rings (SSSR count). The molecular formula is C25H30N6O5S2. The molecule has 0 unspecified atom stereocenters. The molecule has 0 atom stereocenters. The van der Waals surface area contributed by atoms with Crippen LogP contribution in [0.25, 0.3) is 0 Å². The van der Waals surface area contributed by atoms with Crippen molar-refractivity contribution < 1.29 is 21.6 Å². The lowest BCUT2D eigenvalue weighted by molar-refractivity contribution is 0.102. The maximum Gasteiger partial charge on any atom is 0.257 e. The number of aryl methyl sites for hydroxylation is 2. The lowest BCUT2D eigenvalue weighted by atomic mass is 10.1. The number of amides is 1. The number of para-hydroxylation sites is 1. The molecule has 13 heteroatoms. The number of carbonyl (C=O) groups excluding carboxylic acids is 1. The van der Waals surface area contributed by atoms with Crippen LogP contribution in [0.3, 0.4) is 0 Å². The summed E-state index contributed by atoms with van der Waals surface area (Å²) in [7, 11) is -5.93. The van der Waals surface area contributed by atoms with Crippen molar-refractivity contribution in [2.45, 2.75) is 18.7 Å². The summed E-state index contributed by atoms with van der Waals surface area (Å²) in [6.07, 6.45) is 1.05. The van der Waals surface area contributed by atoms with Crippen molar-refractivity contribution >= 4 is 43.3 Å². The van der Waals surface area contributed by atoms with E-state index in [0.29, 0.717) is 37.8 Å². The molecule has 0 bridgehead atoms. The van der Waals surface area contributed by atoms with Gasteiger partial charge in [-0.3, -0.25) is 9.10 Å². The first-order valence-electron chi connectivity index (χ1n) is 11.9. The van der Waals surface area contributed by atoms with Crippen molar-refractivity contribution in [3.8, 4) is 0 Å². The van der Waals surface area contributed by atoms with Gasteiger partial charge in [0.05, 0.1) is 22.4 Å². The van der Waals surface area contributed by atoms with E-state index in [1.165, 1.54) is 47.8 Å². The highest BCUT2D eigenvalue weighted by atomic mass is 32.2. The zero-order chi connectivity index (χ0) is 27.7. The molecule has 1 fully saturated rings. The Hall–Kier alpha value is -3.55. The van der Waals surface area contributed by atoms with Crippen LogP contribution in [0.5, 0.6) is 0 Å². The first kappa shape index (κ1) is 27.5. The minimum absolute atomic E-state index is 0.115. The Morgan fingerprint density at radius 2 is 1.47 bits per heavy atom. The Balaban J connectivity index is 1.44. The fourth-order valence-corrected chi connectivity index (χ4v) is 6.09. The van der Waals surface area contributed by atoms with Crippen molar-refractivity contribution in [1.29, 1.82) is 0 Å². The topological polar surface area (TPSA) is 133 Å². The third-order valence-electron chi connectivity index (χ3n) is 6.23. The van der Waals surface area contributed by atoms with Gasteiger partial charge in [0, 0.05) is 50.3 Å². The third-order valence-corrected chi connectivity index (χ3v) is 9.33. The first-order valence-corrected chi connectivity index (χ1v) is 15.2. The number of aromatic nitrogens is 2. The molecule has 2 heterocycles. The van der Waals surface area contributed by atoms with Crippen LogP contribution in [-0.2, 0) is 20.0 Å². The smallest absolute Gasteiger partial charge is 0.257 e. The predicted octanol–water partition coefficient (Wildman–Crippen LogP) is 2.25. The maximum atomic E-state index is 13.2. The molecule has 38 heavy (non-hydrogen) atoms. The van der Waals surface area contributed by atoms with Crippen LogP contribution in [0, 0.1) is 13.8 Å². The Bertz CT molecular complexity index is 1530. The van der Waals surface area contributed by atoms with Crippen LogP contribution in [0.4, 0.5) is 17.3 Å². The summed E-state index contributed by atoms with van der Waals surface area (Å²) in [5.74, 6) is 0.0837. The molecule has 0 radical (unpaired) electrons. The number of anilines is 3. The molecule has 1 N–H and O–H groups in total. The van der Waals surface area contributed by atoms with Gasteiger partial charge >= 0.3 is 0 Å². The summed E-state index contributed by atoms with van der Waals surface area (Å²) < 4.78 is 52.9. The lowest BCUT2D eigenvalue weighted by Gasteiger charge is -2.34. The molecule has 202 valence electrons. The van der Waals surface area contributed by atoms with Crippen molar-refractivity contribution in [1.82, 2.24) is 14.3 Å². The van der Waals surface area contributed by atoms with E-state index < -0.39 is 26.0 Å². The molecule has 2 aromatic carbocycles. The number of rotatable bonds is 7. The van der Waals surface area contributed by atoms with E-state index in [0.717, 1.165) is 21.9 Å². The van der Waals surface area contributed by atoms with Crippen LogP contribution < -0.4 is 14.5 Å². The summed E-state index contributed by atoms with van der Waals surface area (Å²) in [5, 5.41) is 2.71. The van der Waals surface area contributed by atoms with E-state index in [-0.39, 0.29) is 16.1 Å². The molecule has 11 nitrogen and oxygen atoms in total. The minimum atomic E-state index is -3.74. The lowest BCUT2D eigenvalue weighted by Crippen LogP contribution is -2.49. The molecule has 0 spiro atoms. The normalized spacial score (nSPS) is 14.8. The highest BCUT2D eigenvalue weighted by Gasteiger charge is 2.29. The molecule has 1 saturated heterocycles. The molecule has 0 aliphatic carbocycles. The second-order valence-corrected chi connectivity index (χ2v) is 13.0. The highest BCUT2D eigenvalue weighted by Crippen LogP contribution is 2.24. The van der Waals surface area contributed by atoms with Crippen LogP contribution in [0.15, 0.2) is 59.5 Å². The highest BCUT2D eigenvalue weighted by molar-refractivity contribution is 7.92. The van der Waals surface area contributed by atoms with E-state index in [4.69, 9.17) is 0 Å². The van der Waals surface area contributed by atoms with Gasteiger partial charge in [0.2, 0.25) is 26.0 Å². The third kappa shape index (κ3) is 5.95. The average molecular weight is 559 g/mol. The Morgan fingerprint density at radius 1 is 0.895 bits per heavy atom. The minimum Gasteiger partial charge on any atom is -0.338 e. The predicted molar refractivity (Wildman–Crippen MR) is 147 cm³/mol. The molecule has 1 aliphatic heterocycles. The first-order chi connectivity index (χ1) is 17.9. The van der Waals surface area contributed by atoms with Gasteiger partial charge < -0.3 is 10.2 Å². The molecule has 1 aliphatic rings. The number of nitrogens with one attached hydrogen (secondary N) is 1. The van der Waals surface area contributed by atoms with Crippen molar-refractivity contribution in [2.24, 2.45) is 0 Å². The Morgan fingerprint density at radius 3 is 2.05 bits per heavy atom. The van der Waals surface area contributed by atoms with Gasteiger partial charge in [-0.05, 0) is 56.3 Å². The zero-order valence-corrected chi connectivity index (χ0v) is 23.3. The summed E-state index contributed by atoms with van der Waals surface area (Å²) in [4.78, 5) is 23.9.